The zero-order valence-corrected chi connectivity index (χ0v) is 12.6. The normalized spacial score (nSPS) is 12.4. The predicted octanol–water partition coefficient (Wildman–Crippen LogP) is 2.36. The van der Waals surface area contributed by atoms with Gasteiger partial charge in [-0.2, -0.15) is 4.31 Å². The first-order valence-electron chi connectivity index (χ1n) is 6.08. The SMILES string of the molecule is C=CCN(C(C)(C)C)S(=O)(=O)c1ccc(C(=O)O)cc1. The second-order valence-electron chi connectivity index (χ2n) is 5.33. The summed E-state index contributed by atoms with van der Waals surface area (Å²) in [6.45, 7) is 9.14. The molecule has 1 rings (SSSR count). The molecule has 110 valence electrons. The fourth-order valence-corrected chi connectivity index (χ4v) is 3.50. The van der Waals surface area contributed by atoms with Crippen LogP contribution in [0.1, 0.15) is 31.1 Å². The lowest BCUT2D eigenvalue weighted by atomic mass is 10.1. The van der Waals surface area contributed by atoms with Crippen LogP contribution in [0, 0.1) is 0 Å². The van der Waals surface area contributed by atoms with Gasteiger partial charge in [-0.15, -0.1) is 6.58 Å². The maximum atomic E-state index is 12.6. The molecule has 1 aromatic carbocycles. The zero-order chi connectivity index (χ0) is 15.6. The fourth-order valence-electron chi connectivity index (χ4n) is 1.75. The van der Waals surface area contributed by atoms with E-state index >= 15 is 0 Å². The summed E-state index contributed by atoms with van der Waals surface area (Å²) in [5.74, 6) is -1.09. The molecule has 0 aliphatic heterocycles. The third-order valence-electron chi connectivity index (χ3n) is 2.73. The van der Waals surface area contributed by atoms with Crippen molar-refractivity contribution < 1.29 is 18.3 Å². The standard InChI is InChI=1S/C14H19NO4S/c1-5-10-15(14(2,3)4)20(18,19)12-8-6-11(7-9-12)13(16)17/h5-9H,1,10H2,2-4H3,(H,16,17). The van der Waals surface area contributed by atoms with Crippen molar-refractivity contribution in [2.45, 2.75) is 31.2 Å². The first-order chi connectivity index (χ1) is 9.10. The van der Waals surface area contributed by atoms with Crippen molar-refractivity contribution in [1.29, 1.82) is 0 Å². The molecule has 0 saturated carbocycles. The molecule has 0 atom stereocenters. The van der Waals surface area contributed by atoms with Crippen LogP contribution in [0.5, 0.6) is 0 Å². The fraction of sp³-hybridized carbons (Fsp3) is 0.357. The van der Waals surface area contributed by atoms with Gasteiger partial charge in [0.05, 0.1) is 10.5 Å². The van der Waals surface area contributed by atoms with Gasteiger partial charge in [-0.1, -0.05) is 6.08 Å². The van der Waals surface area contributed by atoms with E-state index in [0.717, 1.165) is 0 Å². The first kappa shape index (κ1) is 16.4. The smallest absolute Gasteiger partial charge is 0.335 e. The van der Waals surface area contributed by atoms with Gasteiger partial charge in [0, 0.05) is 12.1 Å². The number of benzene rings is 1. The van der Waals surface area contributed by atoms with Gasteiger partial charge in [-0.25, -0.2) is 13.2 Å². The van der Waals surface area contributed by atoms with Crippen molar-refractivity contribution in [2.75, 3.05) is 6.54 Å². The molecular formula is C14H19NO4S. The minimum absolute atomic E-state index is 0.0509. The van der Waals surface area contributed by atoms with E-state index in [0.29, 0.717) is 0 Å². The summed E-state index contributed by atoms with van der Waals surface area (Å²) in [6.07, 6.45) is 1.52. The van der Waals surface area contributed by atoms with Crippen molar-refractivity contribution in [1.82, 2.24) is 4.31 Å². The Kier molecular flexibility index (Phi) is 4.73. The molecule has 0 saturated heterocycles. The van der Waals surface area contributed by atoms with Gasteiger partial charge in [-0.05, 0) is 45.0 Å². The van der Waals surface area contributed by atoms with E-state index in [4.69, 9.17) is 5.11 Å². The average molecular weight is 297 g/mol. The molecule has 5 nitrogen and oxygen atoms in total. The molecule has 20 heavy (non-hydrogen) atoms. The predicted molar refractivity (Wildman–Crippen MR) is 77.2 cm³/mol. The summed E-state index contributed by atoms with van der Waals surface area (Å²) >= 11 is 0. The van der Waals surface area contributed by atoms with Crippen molar-refractivity contribution in [3.63, 3.8) is 0 Å². The topological polar surface area (TPSA) is 74.7 Å². The molecule has 0 radical (unpaired) electrons. The monoisotopic (exact) mass is 297 g/mol. The number of carbonyl (C=O) groups is 1. The van der Waals surface area contributed by atoms with E-state index in [1.54, 1.807) is 20.8 Å². The van der Waals surface area contributed by atoms with Gasteiger partial charge in [-0.3, -0.25) is 0 Å². The van der Waals surface area contributed by atoms with Gasteiger partial charge in [0.15, 0.2) is 0 Å². The molecule has 6 heteroatoms. The van der Waals surface area contributed by atoms with E-state index in [1.807, 2.05) is 0 Å². The quantitative estimate of drug-likeness (QED) is 0.847. The van der Waals surface area contributed by atoms with Crippen LogP contribution in [0.2, 0.25) is 0 Å². The molecule has 0 fully saturated rings. The van der Waals surface area contributed by atoms with Gasteiger partial charge in [0.25, 0.3) is 0 Å². The molecule has 0 heterocycles. The highest BCUT2D eigenvalue weighted by Gasteiger charge is 2.32. The van der Waals surface area contributed by atoms with E-state index in [-0.39, 0.29) is 17.0 Å². The van der Waals surface area contributed by atoms with Crippen molar-refractivity contribution >= 4 is 16.0 Å². The molecular weight excluding hydrogens is 278 g/mol. The highest BCUT2D eigenvalue weighted by atomic mass is 32.2. The Hall–Kier alpha value is -1.66. The van der Waals surface area contributed by atoms with Crippen LogP contribution >= 0.6 is 0 Å². The van der Waals surface area contributed by atoms with Crippen molar-refractivity contribution in [3.8, 4) is 0 Å². The maximum Gasteiger partial charge on any atom is 0.335 e. The maximum absolute atomic E-state index is 12.6. The van der Waals surface area contributed by atoms with Gasteiger partial charge < -0.3 is 5.11 Å². The number of hydrogen-bond donors (Lipinski definition) is 1. The molecule has 0 spiro atoms. The van der Waals surface area contributed by atoms with E-state index in [9.17, 15) is 13.2 Å². The molecule has 1 N–H and O–H groups in total. The molecule has 0 bridgehead atoms. The summed E-state index contributed by atoms with van der Waals surface area (Å²) in [6, 6.07) is 5.18. The third-order valence-corrected chi connectivity index (χ3v) is 4.88. The second kappa shape index (κ2) is 5.76. The molecule has 0 aromatic heterocycles. The Balaban J connectivity index is 3.26. The lowest BCUT2D eigenvalue weighted by molar-refractivity contribution is 0.0696. The van der Waals surface area contributed by atoms with Crippen LogP contribution in [-0.4, -0.2) is 35.9 Å². The van der Waals surface area contributed by atoms with Crippen LogP contribution in [-0.2, 0) is 10.0 Å². The third kappa shape index (κ3) is 3.46. The van der Waals surface area contributed by atoms with E-state index < -0.39 is 21.5 Å². The summed E-state index contributed by atoms with van der Waals surface area (Å²) < 4.78 is 26.5. The first-order valence-corrected chi connectivity index (χ1v) is 7.52. The molecule has 0 aliphatic rings. The summed E-state index contributed by atoms with van der Waals surface area (Å²) in [4.78, 5) is 10.9. The number of sulfonamides is 1. The number of nitrogens with zero attached hydrogens (tertiary/aromatic N) is 1. The number of rotatable bonds is 5. The lowest BCUT2D eigenvalue weighted by Gasteiger charge is -2.33. The molecule has 0 amide bonds. The number of hydrogen-bond acceptors (Lipinski definition) is 3. The van der Waals surface area contributed by atoms with Gasteiger partial charge in [0.2, 0.25) is 10.0 Å². The van der Waals surface area contributed by atoms with Crippen LogP contribution in [0.3, 0.4) is 0 Å². The minimum Gasteiger partial charge on any atom is -0.478 e. The number of carboxylic acids is 1. The average Bonchev–Trinajstić information content (AvgIpc) is 2.34. The van der Waals surface area contributed by atoms with Crippen LogP contribution in [0.4, 0.5) is 0 Å². The van der Waals surface area contributed by atoms with Crippen molar-refractivity contribution in [3.05, 3.63) is 42.5 Å². The summed E-state index contributed by atoms with van der Waals surface area (Å²) in [5, 5.41) is 8.83. The van der Waals surface area contributed by atoms with Crippen molar-refractivity contribution in [2.24, 2.45) is 0 Å². The number of carboxylic acid groups (broad SMARTS) is 1. The number of aromatic carboxylic acids is 1. The highest BCUT2D eigenvalue weighted by Crippen LogP contribution is 2.24. The Morgan fingerprint density at radius 2 is 1.80 bits per heavy atom. The Morgan fingerprint density at radius 3 is 2.15 bits per heavy atom. The summed E-state index contributed by atoms with van der Waals surface area (Å²) in [7, 11) is -3.69. The molecule has 0 unspecified atom stereocenters. The molecule has 1 aromatic rings. The zero-order valence-electron chi connectivity index (χ0n) is 11.8. The van der Waals surface area contributed by atoms with Gasteiger partial charge in [0.1, 0.15) is 0 Å². The highest BCUT2D eigenvalue weighted by molar-refractivity contribution is 7.89. The van der Waals surface area contributed by atoms with Crippen LogP contribution in [0.25, 0.3) is 0 Å². The largest absolute Gasteiger partial charge is 0.478 e. The van der Waals surface area contributed by atoms with Crippen LogP contribution < -0.4 is 0 Å². The van der Waals surface area contributed by atoms with Gasteiger partial charge >= 0.3 is 5.97 Å². The molecule has 0 aliphatic carbocycles. The Bertz CT molecular complexity index is 597. The minimum atomic E-state index is -3.69. The Labute approximate surface area is 119 Å². The lowest BCUT2D eigenvalue weighted by Crippen LogP contribution is -2.45. The summed E-state index contributed by atoms with van der Waals surface area (Å²) in [5.41, 5.74) is -0.548. The van der Waals surface area contributed by atoms with Crippen LogP contribution in [0.15, 0.2) is 41.8 Å². The van der Waals surface area contributed by atoms with E-state index in [2.05, 4.69) is 6.58 Å². The van der Waals surface area contributed by atoms with E-state index in [1.165, 1.54) is 34.6 Å². The Morgan fingerprint density at radius 1 is 1.30 bits per heavy atom. The second-order valence-corrected chi connectivity index (χ2v) is 7.19.